The average Bonchev–Trinajstić information content (AvgIpc) is 1.38. The lowest BCUT2D eigenvalue weighted by molar-refractivity contribution is 0.0482. The number of benzene rings is 3. The molecule has 6 rings (SSSR count). The number of aldehydes is 1. The van der Waals surface area contributed by atoms with Crippen molar-refractivity contribution in [1.82, 2.24) is 12.9 Å². The molecule has 3 aromatic carbocycles. The molecule has 2 N–H and O–H groups in total. The van der Waals surface area contributed by atoms with Gasteiger partial charge >= 0.3 is 0 Å². The van der Waals surface area contributed by atoms with Gasteiger partial charge in [-0.2, -0.15) is 12.9 Å². The molecule has 0 aliphatic carbocycles. The first-order chi connectivity index (χ1) is 38.9. The summed E-state index contributed by atoms with van der Waals surface area (Å²) in [6.45, 7) is 50.8. The van der Waals surface area contributed by atoms with Gasteiger partial charge in [0, 0.05) is 90.9 Å². The van der Waals surface area contributed by atoms with E-state index in [9.17, 15) is 40.3 Å². The summed E-state index contributed by atoms with van der Waals surface area (Å²) in [4.78, 5) is 11.7. The number of phenolic OH excluding ortho intramolecular Hbond substituents is 1. The number of sulfonamides is 3. The Morgan fingerprint density at radius 3 is 1.20 bits per heavy atom. The molecule has 3 saturated heterocycles. The lowest BCUT2D eigenvalue weighted by Gasteiger charge is -2.32. The number of hydrogen-bond acceptors (Lipinski definition) is 13. The van der Waals surface area contributed by atoms with Crippen molar-refractivity contribution in [3.8, 4) is 17.2 Å². The number of aliphatic hydroxyl groups is 1. The van der Waals surface area contributed by atoms with Crippen molar-refractivity contribution in [3.63, 3.8) is 0 Å². The van der Waals surface area contributed by atoms with Gasteiger partial charge < -0.3 is 29.2 Å². The van der Waals surface area contributed by atoms with Crippen molar-refractivity contribution in [3.05, 3.63) is 91.4 Å². The SMILES string of the molecule is CC(C)N1CC/C(=C\c2cc(C(C)(C)C)c(O)c(C(C)(C)C)c2)S1(=O)=O.CC(C)N1CCCS1(=O)=O.COCOc1c(C(C)(C)C)cc(C(O)C2CCN(C(C)C)S2(=O)=O)cc1C(C)(C)C.COCOc1c(C(C)(C)C)cc(C=O)cc1C(C)(C)C. The van der Waals surface area contributed by atoms with Crippen molar-refractivity contribution >= 4 is 42.4 Å². The van der Waals surface area contributed by atoms with E-state index in [-0.39, 0.29) is 64.2 Å². The van der Waals surface area contributed by atoms with Crippen LogP contribution in [0.3, 0.4) is 0 Å². The van der Waals surface area contributed by atoms with Crippen LogP contribution in [0.4, 0.5) is 0 Å². The van der Waals surface area contributed by atoms with Crippen LogP contribution in [-0.2, 0) is 72.0 Å². The maximum Gasteiger partial charge on any atom is 0.239 e. The van der Waals surface area contributed by atoms with Gasteiger partial charge in [-0.25, -0.2) is 25.3 Å². The summed E-state index contributed by atoms with van der Waals surface area (Å²) in [5, 5.41) is 21.2. The number of aromatic hydroxyl groups is 1. The second-order valence-electron chi connectivity index (χ2n) is 30.0. The number of carbonyl (C=O) groups is 1. The zero-order valence-electron chi connectivity index (χ0n) is 57.3. The lowest BCUT2D eigenvalue weighted by atomic mass is 9.77. The van der Waals surface area contributed by atoms with Gasteiger partial charge in [0.15, 0.2) is 13.6 Å². The number of hydrogen-bond donors (Lipinski definition) is 2. The van der Waals surface area contributed by atoms with Crippen LogP contribution in [0.25, 0.3) is 6.08 Å². The molecule has 19 heteroatoms. The molecule has 16 nitrogen and oxygen atoms in total. The van der Waals surface area contributed by atoms with Crippen LogP contribution in [0, 0.1) is 0 Å². The fourth-order valence-electron chi connectivity index (χ4n) is 10.7. The van der Waals surface area contributed by atoms with E-state index in [2.05, 4.69) is 125 Å². The highest BCUT2D eigenvalue weighted by Crippen LogP contribution is 2.46. The second-order valence-corrected chi connectivity index (χ2v) is 36.1. The van der Waals surface area contributed by atoms with Gasteiger partial charge in [0.2, 0.25) is 30.1 Å². The number of carbonyl (C=O) groups excluding carboxylic acids is 1. The first-order valence-corrected chi connectivity index (χ1v) is 34.8. The van der Waals surface area contributed by atoms with Gasteiger partial charge in [-0.05, 0) is 147 Å². The summed E-state index contributed by atoms with van der Waals surface area (Å²) < 4.78 is 101. The Morgan fingerprint density at radius 2 is 0.907 bits per heavy atom. The highest BCUT2D eigenvalue weighted by Gasteiger charge is 2.45. The minimum atomic E-state index is -3.56. The first kappa shape index (κ1) is 76.3. The van der Waals surface area contributed by atoms with E-state index >= 15 is 0 Å². The fourth-order valence-corrected chi connectivity index (χ4v) is 16.5. The molecule has 0 radical (unpaired) electrons. The summed E-state index contributed by atoms with van der Waals surface area (Å²) in [7, 11) is -6.63. The van der Waals surface area contributed by atoms with Gasteiger partial charge in [-0.1, -0.05) is 125 Å². The topological polar surface area (TPSA) is 207 Å². The average molecular weight is 1260 g/mol. The number of phenols is 1. The van der Waals surface area contributed by atoms with E-state index in [1.54, 1.807) is 28.9 Å². The van der Waals surface area contributed by atoms with Gasteiger partial charge in [-0.15, -0.1) is 0 Å². The minimum Gasteiger partial charge on any atom is -0.507 e. The molecule has 0 aromatic heterocycles. The highest BCUT2D eigenvalue weighted by atomic mass is 32.2. The van der Waals surface area contributed by atoms with Crippen LogP contribution >= 0.6 is 0 Å². The summed E-state index contributed by atoms with van der Waals surface area (Å²) in [5.41, 5.74) is 6.51. The molecule has 490 valence electrons. The monoisotopic (exact) mass is 1260 g/mol. The molecule has 3 heterocycles. The van der Waals surface area contributed by atoms with E-state index in [4.69, 9.17) is 18.9 Å². The van der Waals surface area contributed by atoms with E-state index in [1.807, 2.05) is 77.9 Å². The number of rotatable bonds is 13. The molecular weight excluding hydrogens is 1150 g/mol. The van der Waals surface area contributed by atoms with Crippen LogP contribution < -0.4 is 9.47 Å². The number of ether oxygens (including phenoxy) is 4. The number of methoxy groups -OCH3 is 2. The normalized spacial score (nSPS) is 19.4. The van der Waals surface area contributed by atoms with E-state index < -0.39 is 41.4 Å². The van der Waals surface area contributed by atoms with Gasteiger partial charge in [0.1, 0.15) is 28.8 Å². The molecule has 3 fully saturated rings. The maximum absolute atomic E-state index is 13.0. The summed E-state index contributed by atoms with van der Waals surface area (Å²) in [6, 6.07) is 11.4. The lowest BCUT2D eigenvalue weighted by Crippen LogP contribution is -2.36. The van der Waals surface area contributed by atoms with Crippen LogP contribution in [0.2, 0.25) is 0 Å². The Bertz CT molecular complexity index is 3060. The molecule has 86 heavy (non-hydrogen) atoms. The largest absolute Gasteiger partial charge is 0.507 e. The van der Waals surface area contributed by atoms with Crippen molar-refractivity contribution in [2.24, 2.45) is 0 Å². The molecule has 0 amide bonds. The second kappa shape index (κ2) is 28.9. The van der Waals surface area contributed by atoms with Crippen LogP contribution in [0.5, 0.6) is 17.2 Å². The summed E-state index contributed by atoms with van der Waals surface area (Å²) in [5.74, 6) is 2.22. The molecule has 2 atom stereocenters. The Morgan fingerprint density at radius 1 is 0.535 bits per heavy atom. The predicted octanol–water partition coefficient (Wildman–Crippen LogP) is 13.4. The van der Waals surface area contributed by atoms with Gasteiger partial charge in [0.25, 0.3) is 0 Å². The molecule has 3 aromatic rings. The minimum absolute atomic E-state index is 0.0407. The summed E-state index contributed by atoms with van der Waals surface area (Å²) in [6.07, 6.45) is 3.31. The molecule has 0 spiro atoms. The Hall–Kier alpha value is -3.92. The third-order valence-electron chi connectivity index (χ3n) is 15.4. The van der Waals surface area contributed by atoms with E-state index in [0.717, 1.165) is 63.2 Å². The van der Waals surface area contributed by atoms with Crippen LogP contribution in [-0.4, -0.2) is 131 Å². The van der Waals surface area contributed by atoms with Gasteiger partial charge in [0.05, 0.1) is 16.8 Å². The standard InChI is InChI=1S/C23H39NO5S.C21H33NO3S.C17H26O3.C6H13NO2S/c1-15(2)24-11-10-19(30(24,26)27)20(25)16-12-17(22(3,4)5)21(29-14-28-9)18(13-16)23(6,7)8;1-14(2)22-10-9-16(26(22,24)25)11-15-12-17(20(3,4)5)19(23)18(13-15)21(6,7)8;1-16(2,3)13-8-12(10-18)9-14(17(4,5)6)15(13)20-11-19-7;1-6(2)7-4-3-5-10(7,8)9/h12-13,15,19-20,25H,10-11,14H2,1-9H3;11-14,23H,9-10H2,1-8H3;8-10H,11H2,1-7H3;6H,3-5H2,1-2H3/b;16-11+;;. The maximum atomic E-state index is 13.0. The molecule has 3 aliphatic rings. The van der Waals surface area contributed by atoms with Gasteiger partial charge in [-0.3, -0.25) is 4.79 Å². The zero-order valence-corrected chi connectivity index (χ0v) is 59.8. The van der Waals surface area contributed by atoms with Crippen LogP contribution in [0.1, 0.15) is 246 Å². The molecule has 0 bridgehead atoms. The smallest absolute Gasteiger partial charge is 0.239 e. The van der Waals surface area contributed by atoms with Crippen LogP contribution in [0.15, 0.2) is 41.3 Å². The van der Waals surface area contributed by atoms with E-state index in [1.165, 1.54) is 4.31 Å². The van der Waals surface area contributed by atoms with Crippen molar-refractivity contribution in [2.75, 3.05) is 53.2 Å². The van der Waals surface area contributed by atoms with E-state index in [0.29, 0.717) is 60.0 Å². The van der Waals surface area contributed by atoms with Crippen molar-refractivity contribution in [2.45, 2.75) is 247 Å². The molecular formula is C67H111N3O13S3. The van der Waals surface area contributed by atoms with Crippen molar-refractivity contribution in [1.29, 1.82) is 0 Å². The quantitative estimate of drug-likeness (QED) is 0.121. The summed E-state index contributed by atoms with van der Waals surface area (Å²) >= 11 is 0. The number of aliphatic hydroxyl groups excluding tert-OH is 1. The Kier molecular flexibility index (Phi) is 25.7. The third kappa shape index (κ3) is 19.3. The number of nitrogens with zero attached hydrogens (tertiary/aromatic N) is 3. The van der Waals surface area contributed by atoms with Crippen molar-refractivity contribution < 1.29 is 59.2 Å². The zero-order chi connectivity index (χ0) is 66.5. The Balaban J connectivity index is 0.000000316. The first-order valence-electron chi connectivity index (χ1n) is 30.3. The fraction of sp³-hybridized carbons (Fsp3) is 0.687. The molecule has 3 aliphatic heterocycles. The molecule has 2 unspecified atom stereocenters. The third-order valence-corrected chi connectivity index (χ3v) is 22.3. The highest BCUT2D eigenvalue weighted by molar-refractivity contribution is 7.93. The predicted molar refractivity (Wildman–Crippen MR) is 351 cm³/mol. The Labute approximate surface area is 521 Å². The molecule has 0 saturated carbocycles.